The second-order valence-electron chi connectivity index (χ2n) is 5.88. The van der Waals surface area contributed by atoms with Gasteiger partial charge in [0.05, 0.1) is 0 Å². The Morgan fingerprint density at radius 3 is 1.52 bits per heavy atom. The average Bonchev–Trinajstić information content (AvgIpc) is 2.45. The molecule has 0 saturated carbocycles. The Balaban J connectivity index is 0. The Morgan fingerprint density at radius 1 is 0.905 bits per heavy atom. The Bertz CT molecular complexity index is 210. The molecular formula is C17H37NO3. The van der Waals surface area contributed by atoms with E-state index in [0.29, 0.717) is 6.61 Å². The summed E-state index contributed by atoms with van der Waals surface area (Å²) in [5, 5.41) is 16.9. The topological polar surface area (TPSA) is 60.8 Å². The van der Waals surface area contributed by atoms with Gasteiger partial charge in [0, 0.05) is 6.61 Å². The van der Waals surface area contributed by atoms with E-state index in [-0.39, 0.29) is 6.04 Å². The molecule has 128 valence electrons. The molecule has 0 aliphatic rings. The Labute approximate surface area is 131 Å². The van der Waals surface area contributed by atoms with Crippen molar-refractivity contribution in [2.75, 3.05) is 20.7 Å². The zero-order chi connectivity index (χ0) is 16.5. The van der Waals surface area contributed by atoms with Crippen LogP contribution in [0.5, 0.6) is 0 Å². The van der Waals surface area contributed by atoms with E-state index < -0.39 is 5.97 Å². The molecule has 0 aromatic carbocycles. The van der Waals surface area contributed by atoms with Gasteiger partial charge in [0.15, 0.2) is 0 Å². The smallest absolute Gasteiger partial charge is 0.320 e. The first kappa shape index (κ1) is 22.7. The molecule has 0 heterocycles. The molecule has 4 nitrogen and oxygen atoms in total. The van der Waals surface area contributed by atoms with E-state index >= 15 is 0 Å². The third-order valence-corrected chi connectivity index (χ3v) is 3.64. The van der Waals surface area contributed by atoms with E-state index in [1.807, 2.05) is 0 Å². The number of hydrogen-bond acceptors (Lipinski definition) is 3. The van der Waals surface area contributed by atoms with Crippen LogP contribution in [0.2, 0.25) is 0 Å². The van der Waals surface area contributed by atoms with Crippen molar-refractivity contribution in [2.24, 2.45) is 0 Å². The molecule has 0 amide bonds. The molecule has 0 aliphatic heterocycles. The molecule has 0 spiro atoms. The summed E-state index contributed by atoms with van der Waals surface area (Å²) in [6.45, 7) is 4.27. The number of rotatable bonds is 12. The van der Waals surface area contributed by atoms with Gasteiger partial charge in [-0.15, -0.1) is 0 Å². The SMILES string of the molecule is CC(C(=O)O)N(C)C.CCCCCCCCCCCCO. The van der Waals surface area contributed by atoms with E-state index in [0.717, 1.165) is 6.42 Å². The molecule has 0 aromatic rings. The van der Waals surface area contributed by atoms with Crippen LogP contribution in [-0.2, 0) is 4.79 Å². The third-order valence-electron chi connectivity index (χ3n) is 3.64. The van der Waals surface area contributed by atoms with Gasteiger partial charge < -0.3 is 10.2 Å². The van der Waals surface area contributed by atoms with E-state index in [2.05, 4.69) is 6.92 Å². The summed E-state index contributed by atoms with van der Waals surface area (Å²) in [5.74, 6) is -0.782. The minimum atomic E-state index is -0.782. The molecule has 0 radical (unpaired) electrons. The standard InChI is InChI=1S/C12H26O.C5H11NO2/c1-2-3-4-5-6-7-8-9-10-11-12-13;1-4(5(7)8)6(2)3/h13H,2-12H2,1H3;4H,1-3H3,(H,7,8). The van der Waals surface area contributed by atoms with Crippen LogP contribution in [0, 0.1) is 0 Å². The fraction of sp³-hybridized carbons (Fsp3) is 0.941. The summed E-state index contributed by atoms with van der Waals surface area (Å²) in [7, 11) is 3.47. The third kappa shape index (κ3) is 19.4. The normalized spacial score (nSPS) is 11.9. The number of hydrogen-bond donors (Lipinski definition) is 2. The molecule has 4 heteroatoms. The van der Waals surface area contributed by atoms with Crippen molar-refractivity contribution >= 4 is 5.97 Å². The summed E-state index contributed by atoms with van der Waals surface area (Å²) >= 11 is 0. The van der Waals surface area contributed by atoms with Crippen molar-refractivity contribution < 1.29 is 15.0 Å². The highest BCUT2D eigenvalue weighted by molar-refractivity contribution is 5.72. The van der Waals surface area contributed by atoms with Crippen molar-refractivity contribution in [3.8, 4) is 0 Å². The molecule has 1 atom stereocenters. The van der Waals surface area contributed by atoms with E-state index in [4.69, 9.17) is 10.2 Å². The number of carbonyl (C=O) groups is 1. The summed E-state index contributed by atoms with van der Waals surface area (Å²) < 4.78 is 0. The molecule has 0 saturated heterocycles. The van der Waals surface area contributed by atoms with Gasteiger partial charge in [-0.25, -0.2) is 0 Å². The molecule has 2 N–H and O–H groups in total. The number of unbranched alkanes of at least 4 members (excludes halogenated alkanes) is 9. The van der Waals surface area contributed by atoms with Crippen molar-refractivity contribution in [3.05, 3.63) is 0 Å². The lowest BCUT2D eigenvalue weighted by atomic mass is 10.1. The summed E-state index contributed by atoms with van der Waals surface area (Å²) in [5.41, 5.74) is 0. The fourth-order valence-electron chi connectivity index (χ4n) is 1.82. The van der Waals surface area contributed by atoms with Gasteiger partial charge in [0.25, 0.3) is 0 Å². The first-order valence-corrected chi connectivity index (χ1v) is 8.47. The van der Waals surface area contributed by atoms with Crippen LogP contribution in [0.15, 0.2) is 0 Å². The maximum atomic E-state index is 10.1. The van der Waals surface area contributed by atoms with Gasteiger partial charge in [0.1, 0.15) is 6.04 Å². The maximum absolute atomic E-state index is 10.1. The monoisotopic (exact) mass is 303 g/mol. The van der Waals surface area contributed by atoms with Gasteiger partial charge in [0.2, 0.25) is 0 Å². The minimum Gasteiger partial charge on any atom is -0.480 e. The summed E-state index contributed by atoms with van der Waals surface area (Å²) in [6, 6.07) is -0.380. The van der Waals surface area contributed by atoms with Crippen molar-refractivity contribution in [1.29, 1.82) is 0 Å². The largest absolute Gasteiger partial charge is 0.480 e. The lowest BCUT2D eigenvalue weighted by Gasteiger charge is -2.13. The predicted molar refractivity (Wildman–Crippen MR) is 89.7 cm³/mol. The van der Waals surface area contributed by atoms with Gasteiger partial charge >= 0.3 is 5.97 Å². The second-order valence-corrected chi connectivity index (χ2v) is 5.88. The van der Waals surface area contributed by atoms with Crippen LogP contribution in [0.1, 0.15) is 78.1 Å². The van der Waals surface area contributed by atoms with E-state index in [9.17, 15) is 4.79 Å². The van der Waals surface area contributed by atoms with Crippen molar-refractivity contribution in [2.45, 2.75) is 84.1 Å². The van der Waals surface area contributed by atoms with E-state index in [1.54, 1.807) is 25.9 Å². The summed E-state index contributed by atoms with van der Waals surface area (Å²) in [6.07, 6.45) is 13.3. The Morgan fingerprint density at radius 2 is 1.29 bits per heavy atom. The number of likely N-dealkylation sites (N-methyl/N-ethyl adjacent to an activating group) is 1. The number of nitrogens with zero attached hydrogens (tertiary/aromatic N) is 1. The average molecular weight is 303 g/mol. The molecule has 0 rings (SSSR count). The molecule has 0 aliphatic carbocycles. The minimum absolute atomic E-state index is 0.372. The Hall–Kier alpha value is -0.610. The zero-order valence-corrected chi connectivity index (χ0v) is 14.6. The van der Waals surface area contributed by atoms with Gasteiger partial charge in [-0.05, 0) is 27.4 Å². The predicted octanol–water partition coefficient (Wildman–Crippen LogP) is 3.92. The van der Waals surface area contributed by atoms with Gasteiger partial charge in [-0.3, -0.25) is 9.69 Å². The first-order chi connectivity index (χ1) is 9.97. The zero-order valence-electron chi connectivity index (χ0n) is 14.6. The maximum Gasteiger partial charge on any atom is 0.320 e. The summed E-state index contributed by atoms with van der Waals surface area (Å²) in [4.78, 5) is 11.7. The van der Waals surface area contributed by atoms with Gasteiger partial charge in [-0.1, -0.05) is 64.7 Å². The Kier molecular flexibility index (Phi) is 18.8. The van der Waals surface area contributed by atoms with Crippen LogP contribution in [0.4, 0.5) is 0 Å². The van der Waals surface area contributed by atoms with Crippen LogP contribution in [0.3, 0.4) is 0 Å². The van der Waals surface area contributed by atoms with Gasteiger partial charge in [-0.2, -0.15) is 0 Å². The van der Waals surface area contributed by atoms with E-state index in [1.165, 1.54) is 57.8 Å². The van der Waals surface area contributed by atoms with Crippen LogP contribution in [-0.4, -0.2) is 47.8 Å². The molecule has 1 unspecified atom stereocenters. The van der Waals surface area contributed by atoms with Crippen LogP contribution >= 0.6 is 0 Å². The molecule has 0 fully saturated rings. The fourth-order valence-corrected chi connectivity index (χ4v) is 1.82. The molecule has 21 heavy (non-hydrogen) atoms. The lowest BCUT2D eigenvalue weighted by molar-refractivity contribution is -0.141. The molecular weight excluding hydrogens is 266 g/mol. The van der Waals surface area contributed by atoms with Crippen LogP contribution < -0.4 is 0 Å². The molecule has 0 aromatic heterocycles. The highest BCUT2D eigenvalue weighted by Crippen LogP contribution is 2.09. The highest BCUT2D eigenvalue weighted by atomic mass is 16.4. The number of aliphatic carboxylic acids is 1. The van der Waals surface area contributed by atoms with Crippen molar-refractivity contribution in [3.63, 3.8) is 0 Å². The molecule has 0 bridgehead atoms. The number of aliphatic hydroxyl groups is 1. The number of carboxylic acids is 1. The lowest BCUT2D eigenvalue weighted by Crippen LogP contribution is -2.32. The number of carboxylic acid groups (broad SMARTS) is 1. The quantitative estimate of drug-likeness (QED) is 0.536. The second kappa shape index (κ2) is 17.4. The first-order valence-electron chi connectivity index (χ1n) is 8.47. The number of aliphatic hydroxyl groups excluding tert-OH is 1. The van der Waals surface area contributed by atoms with Crippen LogP contribution in [0.25, 0.3) is 0 Å². The highest BCUT2D eigenvalue weighted by Gasteiger charge is 2.11. The van der Waals surface area contributed by atoms with Crippen molar-refractivity contribution in [1.82, 2.24) is 4.90 Å².